The number of rotatable bonds is 6. The van der Waals surface area contributed by atoms with E-state index < -0.39 is 0 Å². The predicted molar refractivity (Wildman–Crippen MR) is 116 cm³/mol. The van der Waals surface area contributed by atoms with Crippen LogP contribution in [0, 0.1) is 0 Å². The van der Waals surface area contributed by atoms with E-state index in [9.17, 15) is 4.79 Å². The molecule has 140 valence electrons. The minimum Gasteiger partial charge on any atom is -0.350 e. The predicted octanol–water partition coefficient (Wildman–Crippen LogP) is 5.16. The minimum absolute atomic E-state index is 0.00332. The Balaban J connectivity index is 1.56. The first-order chi connectivity index (χ1) is 13.7. The first-order valence-electron chi connectivity index (χ1n) is 9.00. The largest absolute Gasteiger partial charge is 0.350 e. The fourth-order valence-corrected chi connectivity index (χ4v) is 4.49. The Morgan fingerprint density at radius 3 is 2.50 bits per heavy atom. The molecule has 0 saturated carbocycles. The van der Waals surface area contributed by atoms with Gasteiger partial charge in [0.25, 0.3) is 0 Å². The van der Waals surface area contributed by atoms with Crippen LogP contribution in [0.2, 0.25) is 0 Å². The summed E-state index contributed by atoms with van der Waals surface area (Å²) in [5, 5.41) is 16.5. The summed E-state index contributed by atoms with van der Waals surface area (Å²) in [5.41, 5.74) is 1.89. The molecule has 4 nitrogen and oxygen atoms in total. The molecule has 0 fully saturated rings. The van der Waals surface area contributed by atoms with Crippen molar-refractivity contribution < 1.29 is 4.79 Å². The molecule has 2 heterocycles. The van der Waals surface area contributed by atoms with Crippen LogP contribution in [-0.4, -0.2) is 21.4 Å². The topological polar surface area (TPSA) is 54.9 Å². The Kier molecular flexibility index (Phi) is 5.69. The molecule has 0 spiro atoms. The second kappa shape index (κ2) is 8.54. The van der Waals surface area contributed by atoms with Gasteiger partial charge in [0, 0.05) is 21.2 Å². The molecule has 4 aromatic rings. The average molecular weight is 406 g/mol. The molecule has 0 aliphatic heterocycles. The number of thioether (sulfide) groups is 1. The van der Waals surface area contributed by atoms with Gasteiger partial charge in [0.1, 0.15) is 10.7 Å². The number of fused-ring (bicyclic) bond motifs is 1. The number of hydrogen-bond acceptors (Lipinski definition) is 5. The standard InChI is InChI=1S/C22H19N3OS2/c1-15(21(26)23-14-17-10-7-13-27-17)28-22-19-12-6-5-11-18(19)20(24-25-22)16-8-3-2-4-9-16/h2-13,15H,14H2,1H3,(H,23,26). The lowest BCUT2D eigenvalue weighted by Crippen LogP contribution is -2.30. The summed E-state index contributed by atoms with van der Waals surface area (Å²) in [6.07, 6.45) is 0. The van der Waals surface area contributed by atoms with E-state index in [2.05, 4.69) is 21.6 Å². The van der Waals surface area contributed by atoms with Crippen molar-refractivity contribution in [1.82, 2.24) is 15.5 Å². The number of aromatic nitrogens is 2. The number of benzene rings is 2. The van der Waals surface area contributed by atoms with Gasteiger partial charge in [-0.15, -0.1) is 21.5 Å². The quantitative estimate of drug-likeness (QED) is 0.451. The summed E-state index contributed by atoms with van der Waals surface area (Å²) in [7, 11) is 0. The third kappa shape index (κ3) is 4.08. The molecule has 28 heavy (non-hydrogen) atoms. The molecule has 2 aromatic carbocycles. The molecule has 1 unspecified atom stereocenters. The molecule has 0 aliphatic carbocycles. The van der Waals surface area contributed by atoms with Crippen LogP contribution in [0.3, 0.4) is 0 Å². The highest BCUT2D eigenvalue weighted by Crippen LogP contribution is 2.33. The fraction of sp³-hybridized carbons (Fsp3) is 0.136. The zero-order valence-corrected chi connectivity index (χ0v) is 17.0. The Labute approximate surface area is 172 Å². The summed E-state index contributed by atoms with van der Waals surface area (Å²) < 4.78 is 0. The van der Waals surface area contributed by atoms with Gasteiger partial charge in [-0.3, -0.25) is 4.79 Å². The number of thiophene rings is 1. The van der Waals surface area contributed by atoms with Gasteiger partial charge in [-0.1, -0.05) is 72.4 Å². The van der Waals surface area contributed by atoms with E-state index >= 15 is 0 Å². The molecule has 0 saturated heterocycles. The van der Waals surface area contributed by atoms with Crippen molar-refractivity contribution in [2.75, 3.05) is 0 Å². The second-order valence-electron chi connectivity index (χ2n) is 6.32. The lowest BCUT2D eigenvalue weighted by atomic mass is 10.1. The van der Waals surface area contributed by atoms with Crippen LogP contribution < -0.4 is 5.32 Å². The number of nitrogens with zero attached hydrogens (tertiary/aromatic N) is 2. The Hall–Kier alpha value is -2.70. The molecule has 2 aromatic heterocycles. The second-order valence-corrected chi connectivity index (χ2v) is 8.68. The molecule has 1 amide bonds. The van der Waals surface area contributed by atoms with Crippen LogP contribution in [0.1, 0.15) is 11.8 Å². The molecule has 6 heteroatoms. The zero-order chi connectivity index (χ0) is 19.3. The van der Waals surface area contributed by atoms with Crippen molar-refractivity contribution in [3.05, 3.63) is 77.0 Å². The van der Waals surface area contributed by atoms with Gasteiger partial charge in [0.05, 0.1) is 11.8 Å². The maximum Gasteiger partial charge on any atom is 0.233 e. The normalized spacial score (nSPS) is 12.0. The van der Waals surface area contributed by atoms with Gasteiger partial charge in [-0.2, -0.15) is 0 Å². The summed E-state index contributed by atoms with van der Waals surface area (Å²) >= 11 is 3.08. The van der Waals surface area contributed by atoms with Gasteiger partial charge in [0.2, 0.25) is 5.91 Å². The number of carbonyl (C=O) groups excluding carboxylic acids is 1. The van der Waals surface area contributed by atoms with E-state index in [-0.39, 0.29) is 11.2 Å². The third-order valence-electron chi connectivity index (χ3n) is 4.38. The summed E-state index contributed by atoms with van der Waals surface area (Å²) in [6, 6.07) is 22.1. The van der Waals surface area contributed by atoms with Crippen molar-refractivity contribution in [2.45, 2.75) is 23.7 Å². The monoisotopic (exact) mass is 405 g/mol. The third-order valence-corrected chi connectivity index (χ3v) is 6.34. The molecule has 0 aliphatic rings. The van der Waals surface area contributed by atoms with Gasteiger partial charge in [-0.25, -0.2) is 0 Å². The highest BCUT2D eigenvalue weighted by Gasteiger charge is 2.18. The van der Waals surface area contributed by atoms with Crippen molar-refractivity contribution in [3.8, 4) is 11.3 Å². The Morgan fingerprint density at radius 2 is 1.75 bits per heavy atom. The molecule has 1 N–H and O–H groups in total. The van der Waals surface area contributed by atoms with Crippen molar-refractivity contribution in [1.29, 1.82) is 0 Å². The van der Waals surface area contributed by atoms with Gasteiger partial charge >= 0.3 is 0 Å². The lowest BCUT2D eigenvalue weighted by molar-refractivity contribution is -0.120. The van der Waals surface area contributed by atoms with Crippen LogP contribution in [0.15, 0.2) is 77.1 Å². The van der Waals surface area contributed by atoms with Crippen LogP contribution >= 0.6 is 23.1 Å². The van der Waals surface area contributed by atoms with Crippen LogP contribution in [0.4, 0.5) is 0 Å². The van der Waals surface area contributed by atoms with E-state index in [0.29, 0.717) is 6.54 Å². The Bertz CT molecular complexity index is 1080. The number of hydrogen-bond donors (Lipinski definition) is 1. The molecular weight excluding hydrogens is 386 g/mol. The highest BCUT2D eigenvalue weighted by molar-refractivity contribution is 8.00. The van der Waals surface area contributed by atoms with E-state index in [1.807, 2.05) is 73.0 Å². The number of amides is 1. The minimum atomic E-state index is -0.264. The van der Waals surface area contributed by atoms with Crippen LogP contribution in [0.5, 0.6) is 0 Å². The molecule has 0 radical (unpaired) electrons. The summed E-state index contributed by atoms with van der Waals surface area (Å²) in [5.74, 6) is -0.00332. The summed E-state index contributed by atoms with van der Waals surface area (Å²) in [6.45, 7) is 2.46. The molecule has 1 atom stereocenters. The van der Waals surface area contributed by atoms with E-state index in [4.69, 9.17) is 0 Å². The van der Waals surface area contributed by atoms with E-state index in [0.717, 1.165) is 31.9 Å². The molecule has 0 bridgehead atoms. The first kappa shape index (κ1) is 18.7. The highest BCUT2D eigenvalue weighted by atomic mass is 32.2. The van der Waals surface area contributed by atoms with Crippen LogP contribution in [-0.2, 0) is 11.3 Å². The summed E-state index contributed by atoms with van der Waals surface area (Å²) in [4.78, 5) is 13.6. The maximum absolute atomic E-state index is 12.5. The van der Waals surface area contributed by atoms with Crippen molar-refractivity contribution in [2.24, 2.45) is 0 Å². The smallest absolute Gasteiger partial charge is 0.233 e. The SMILES string of the molecule is CC(Sc1nnc(-c2ccccc2)c2ccccc12)C(=O)NCc1cccs1. The fourth-order valence-electron chi connectivity index (χ4n) is 2.93. The van der Waals surface area contributed by atoms with Gasteiger partial charge < -0.3 is 5.32 Å². The van der Waals surface area contributed by atoms with Gasteiger partial charge in [-0.05, 0) is 18.4 Å². The Morgan fingerprint density at radius 1 is 1.00 bits per heavy atom. The lowest BCUT2D eigenvalue weighted by Gasteiger charge is -2.13. The van der Waals surface area contributed by atoms with Crippen LogP contribution in [0.25, 0.3) is 22.0 Å². The van der Waals surface area contributed by atoms with Crippen molar-refractivity contribution >= 4 is 39.8 Å². The van der Waals surface area contributed by atoms with Gasteiger partial charge in [0.15, 0.2) is 0 Å². The maximum atomic E-state index is 12.5. The molecule has 4 rings (SSSR count). The van der Waals surface area contributed by atoms with Crippen molar-refractivity contribution in [3.63, 3.8) is 0 Å². The van der Waals surface area contributed by atoms with E-state index in [1.54, 1.807) is 11.3 Å². The zero-order valence-electron chi connectivity index (χ0n) is 15.3. The average Bonchev–Trinajstić information content (AvgIpc) is 3.26. The van der Waals surface area contributed by atoms with E-state index in [1.165, 1.54) is 11.8 Å². The molecular formula is C22H19N3OS2. The first-order valence-corrected chi connectivity index (χ1v) is 10.8. The number of nitrogens with one attached hydrogen (secondary N) is 1. The number of carbonyl (C=O) groups is 1.